The highest BCUT2D eigenvalue weighted by atomic mass is 79.9. The van der Waals surface area contributed by atoms with Gasteiger partial charge >= 0.3 is 0 Å². The van der Waals surface area contributed by atoms with E-state index in [-0.39, 0.29) is 12.0 Å². The Labute approximate surface area is 104 Å². The second kappa shape index (κ2) is 6.06. The lowest BCUT2D eigenvalue weighted by molar-refractivity contribution is 0.0862. The highest BCUT2D eigenvalue weighted by Crippen LogP contribution is 2.14. The van der Waals surface area contributed by atoms with E-state index in [4.69, 9.17) is 4.74 Å². The summed E-state index contributed by atoms with van der Waals surface area (Å²) in [7, 11) is 1.63. The van der Waals surface area contributed by atoms with Gasteiger partial charge in [-0.3, -0.25) is 4.79 Å². The third-order valence-corrected chi connectivity index (χ3v) is 2.82. The maximum Gasteiger partial charge on any atom is 0.268 e. The first kappa shape index (κ1) is 13.3. The van der Waals surface area contributed by atoms with Crippen molar-refractivity contribution in [2.45, 2.75) is 26.5 Å². The van der Waals surface area contributed by atoms with Gasteiger partial charge < -0.3 is 14.6 Å². The minimum absolute atomic E-state index is 0.0254. The molecule has 1 unspecified atom stereocenters. The molecule has 1 aromatic heterocycles. The summed E-state index contributed by atoms with van der Waals surface area (Å²) in [5.74, 6) is -0.0727. The van der Waals surface area contributed by atoms with Crippen molar-refractivity contribution in [3.8, 4) is 0 Å². The quantitative estimate of drug-likeness (QED) is 0.901. The summed E-state index contributed by atoms with van der Waals surface area (Å²) in [6.07, 6.45) is 1.92. The molecule has 1 heterocycles. The second-order valence-corrected chi connectivity index (χ2v) is 4.50. The van der Waals surface area contributed by atoms with Gasteiger partial charge in [-0.25, -0.2) is 0 Å². The van der Waals surface area contributed by atoms with E-state index >= 15 is 0 Å². The highest BCUT2D eigenvalue weighted by molar-refractivity contribution is 9.10. The molecule has 1 aromatic rings. The van der Waals surface area contributed by atoms with Gasteiger partial charge in [0.15, 0.2) is 0 Å². The van der Waals surface area contributed by atoms with Crippen LogP contribution in [0.1, 0.15) is 24.3 Å². The number of hydrogen-bond donors (Lipinski definition) is 1. The predicted octanol–water partition coefficient (Wildman–Crippen LogP) is 2.04. The smallest absolute Gasteiger partial charge is 0.268 e. The molecule has 1 atom stereocenters. The molecule has 1 N–H and O–H groups in total. The Morgan fingerprint density at radius 1 is 1.69 bits per heavy atom. The number of aromatic nitrogens is 1. The number of methoxy groups -OCH3 is 1. The van der Waals surface area contributed by atoms with Crippen molar-refractivity contribution in [3.63, 3.8) is 0 Å². The Morgan fingerprint density at radius 2 is 2.38 bits per heavy atom. The summed E-state index contributed by atoms with van der Waals surface area (Å²) in [5, 5.41) is 2.83. The summed E-state index contributed by atoms with van der Waals surface area (Å²) in [6, 6.07) is 1.82. The van der Waals surface area contributed by atoms with Crippen molar-refractivity contribution in [1.82, 2.24) is 9.88 Å². The first-order chi connectivity index (χ1) is 7.58. The summed E-state index contributed by atoms with van der Waals surface area (Å²) in [6.45, 7) is 5.20. The second-order valence-electron chi connectivity index (χ2n) is 3.59. The zero-order valence-corrected chi connectivity index (χ0v) is 11.4. The van der Waals surface area contributed by atoms with Crippen molar-refractivity contribution in [3.05, 3.63) is 22.4 Å². The molecule has 1 amide bonds. The van der Waals surface area contributed by atoms with E-state index in [1.807, 2.05) is 30.7 Å². The SMILES string of the molecule is CCn1cc(Br)cc1C(=O)NCC(C)OC. The monoisotopic (exact) mass is 288 g/mol. The van der Waals surface area contributed by atoms with E-state index < -0.39 is 0 Å². The minimum atomic E-state index is -0.0727. The van der Waals surface area contributed by atoms with Gasteiger partial charge in [0.25, 0.3) is 5.91 Å². The van der Waals surface area contributed by atoms with Crippen LogP contribution < -0.4 is 5.32 Å². The molecule has 0 spiro atoms. The van der Waals surface area contributed by atoms with Crippen molar-refractivity contribution in [2.24, 2.45) is 0 Å². The normalized spacial score (nSPS) is 12.5. The number of carbonyl (C=O) groups excluding carboxylic acids is 1. The molecule has 0 saturated heterocycles. The van der Waals surface area contributed by atoms with Gasteiger partial charge in [-0.05, 0) is 35.8 Å². The zero-order valence-electron chi connectivity index (χ0n) is 9.79. The standard InChI is InChI=1S/C11H17BrN2O2/c1-4-14-7-9(12)5-10(14)11(15)13-6-8(2)16-3/h5,7-8H,4,6H2,1-3H3,(H,13,15). The lowest BCUT2D eigenvalue weighted by atomic mass is 10.3. The molecular weight excluding hydrogens is 272 g/mol. The molecule has 0 fully saturated rings. The summed E-state index contributed by atoms with van der Waals surface area (Å²) >= 11 is 3.36. The first-order valence-electron chi connectivity index (χ1n) is 5.25. The van der Waals surface area contributed by atoms with Gasteiger partial charge in [0.2, 0.25) is 0 Å². The molecule has 4 nitrogen and oxygen atoms in total. The molecule has 0 aliphatic carbocycles. The largest absolute Gasteiger partial charge is 0.380 e. The van der Waals surface area contributed by atoms with Gasteiger partial charge in [-0.1, -0.05) is 0 Å². The van der Waals surface area contributed by atoms with Gasteiger partial charge in [-0.15, -0.1) is 0 Å². The van der Waals surface area contributed by atoms with Gasteiger partial charge in [0, 0.05) is 30.9 Å². The molecular formula is C11H17BrN2O2. The molecule has 5 heteroatoms. The maximum absolute atomic E-state index is 11.8. The van der Waals surface area contributed by atoms with Crippen LogP contribution >= 0.6 is 15.9 Å². The third kappa shape index (κ3) is 3.35. The van der Waals surface area contributed by atoms with E-state index in [1.54, 1.807) is 7.11 Å². The molecule has 0 aromatic carbocycles. The van der Waals surface area contributed by atoms with Crippen LogP contribution in [0.4, 0.5) is 0 Å². The van der Waals surface area contributed by atoms with E-state index in [9.17, 15) is 4.79 Å². The molecule has 0 aliphatic heterocycles. The first-order valence-corrected chi connectivity index (χ1v) is 6.04. The van der Waals surface area contributed by atoms with E-state index in [0.717, 1.165) is 11.0 Å². The fourth-order valence-corrected chi connectivity index (χ4v) is 1.80. The average molecular weight is 289 g/mol. The van der Waals surface area contributed by atoms with Crippen molar-refractivity contribution >= 4 is 21.8 Å². The van der Waals surface area contributed by atoms with Gasteiger partial charge in [-0.2, -0.15) is 0 Å². The number of halogens is 1. The minimum Gasteiger partial charge on any atom is -0.380 e. The third-order valence-electron chi connectivity index (χ3n) is 2.39. The highest BCUT2D eigenvalue weighted by Gasteiger charge is 2.12. The summed E-state index contributed by atoms with van der Waals surface area (Å²) in [5.41, 5.74) is 0.665. The molecule has 16 heavy (non-hydrogen) atoms. The van der Waals surface area contributed by atoms with Crippen molar-refractivity contribution in [1.29, 1.82) is 0 Å². The Kier molecular flexibility index (Phi) is 5.02. The number of hydrogen-bond acceptors (Lipinski definition) is 2. The van der Waals surface area contributed by atoms with E-state index in [2.05, 4.69) is 21.2 Å². The zero-order chi connectivity index (χ0) is 12.1. The van der Waals surface area contributed by atoms with Crippen LogP contribution in [-0.4, -0.2) is 30.2 Å². The van der Waals surface area contributed by atoms with Crippen LogP contribution in [0.2, 0.25) is 0 Å². The Bertz CT molecular complexity index is 363. The lowest BCUT2D eigenvalue weighted by Crippen LogP contribution is -2.32. The van der Waals surface area contributed by atoms with Crippen LogP contribution in [0.5, 0.6) is 0 Å². The summed E-state index contributed by atoms with van der Waals surface area (Å²) in [4.78, 5) is 11.8. The fraction of sp³-hybridized carbons (Fsp3) is 0.545. The van der Waals surface area contributed by atoms with Gasteiger partial charge in [0.05, 0.1) is 6.10 Å². The molecule has 0 saturated carbocycles. The number of amides is 1. The van der Waals surface area contributed by atoms with Crippen molar-refractivity contribution < 1.29 is 9.53 Å². The van der Waals surface area contributed by atoms with Crippen LogP contribution in [-0.2, 0) is 11.3 Å². The van der Waals surface area contributed by atoms with Crippen LogP contribution in [0.25, 0.3) is 0 Å². The predicted molar refractivity (Wildman–Crippen MR) is 66.6 cm³/mol. The molecule has 0 radical (unpaired) electrons. The molecule has 90 valence electrons. The number of ether oxygens (including phenoxy) is 1. The lowest BCUT2D eigenvalue weighted by Gasteiger charge is -2.11. The fourth-order valence-electron chi connectivity index (χ4n) is 1.34. The van der Waals surface area contributed by atoms with Gasteiger partial charge in [0.1, 0.15) is 5.69 Å². The molecule has 1 rings (SSSR count). The number of nitrogens with one attached hydrogen (secondary N) is 1. The summed E-state index contributed by atoms with van der Waals surface area (Å²) < 4.78 is 7.88. The van der Waals surface area contributed by atoms with Crippen LogP contribution in [0, 0.1) is 0 Å². The van der Waals surface area contributed by atoms with E-state index in [1.165, 1.54) is 0 Å². The van der Waals surface area contributed by atoms with E-state index in [0.29, 0.717) is 12.2 Å². The average Bonchev–Trinajstić information content (AvgIpc) is 2.66. The maximum atomic E-state index is 11.8. The Morgan fingerprint density at radius 3 is 2.94 bits per heavy atom. The molecule has 0 aliphatic rings. The number of aryl methyl sites for hydroxylation is 1. The van der Waals surface area contributed by atoms with Crippen LogP contribution in [0.15, 0.2) is 16.7 Å². The van der Waals surface area contributed by atoms with Crippen LogP contribution in [0.3, 0.4) is 0 Å². The molecule has 0 bridgehead atoms. The number of carbonyl (C=O) groups is 1. The number of rotatable bonds is 5. The Hall–Kier alpha value is -0.810. The van der Waals surface area contributed by atoms with Crippen molar-refractivity contribution in [2.75, 3.05) is 13.7 Å². The topological polar surface area (TPSA) is 43.3 Å². The Balaban J connectivity index is 2.65. The number of nitrogens with zero attached hydrogens (tertiary/aromatic N) is 1.